The van der Waals surface area contributed by atoms with E-state index in [-0.39, 0.29) is 35.8 Å². The molecule has 0 radical (unpaired) electrons. The van der Waals surface area contributed by atoms with Crippen LogP contribution in [0.2, 0.25) is 0 Å². The van der Waals surface area contributed by atoms with Crippen molar-refractivity contribution in [2.45, 2.75) is 45.4 Å². The fourth-order valence-corrected chi connectivity index (χ4v) is 4.12. The summed E-state index contributed by atoms with van der Waals surface area (Å²) in [4.78, 5) is 18.4. The molecule has 2 heterocycles. The lowest BCUT2D eigenvalue weighted by Crippen LogP contribution is -2.39. The Kier molecular flexibility index (Phi) is 12.7. The van der Waals surface area contributed by atoms with Gasteiger partial charge >= 0.3 is 0 Å². The molecule has 0 bridgehead atoms. The van der Waals surface area contributed by atoms with Crippen LogP contribution in [0.25, 0.3) is 0 Å². The molecule has 4 N–H and O–H groups in total. The van der Waals surface area contributed by atoms with Crippen molar-refractivity contribution in [1.29, 1.82) is 0 Å². The number of nitrogens with one attached hydrogen (secondary N) is 2. The smallest absolute Gasteiger partial charge is 0.220 e. The van der Waals surface area contributed by atoms with Crippen molar-refractivity contribution in [2.24, 2.45) is 16.6 Å². The summed E-state index contributed by atoms with van der Waals surface area (Å²) in [5.41, 5.74) is 6.75. The zero-order chi connectivity index (χ0) is 19.5. The van der Waals surface area contributed by atoms with Gasteiger partial charge in [-0.2, -0.15) is 11.3 Å². The fraction of sp³-hybridized carbons (Fsp3) is 0.700. The molecule has 8 heteroatoms. The van der Waals surface area contributed by atoms with E-state index in [2.05, 4.69) is 46.2 Å². The number of aliphatic imine (C=N–C) groups is 1. The second-order valence-electron chi connectivity index (χ2n) is 7.33. The third-order valence-electron chi connectivity index (χ3n) is 5.16. The van der Waals surface area contributed by atoms with Crippen molar-refractivity contribution in [3.8, 4) is 0 Å². The summed E-state index contributed by atoms with van der Waals surface area (Å²) in [5.74, 6) is 1.29. The third-order valence-corrected chi connectivity index (χ3v) is 5.86. The van der Waals surface area contributed by atoms with Gasteiger partial charge in [0.25, 0.3) is 0 Å². The zero-order valence-electron chi connectivity index (χ0n) is 17.2. The fourth-order valence-electron chi connectivity index (χ4n) is 3.34. The van der Waals surface area contributed by atoms with Gasteiger partial charge < -0.3 is 21.3 Å². The Labute approximate surface area is 190 Å². The molecule has 0 aromatic carbocycles. The zero-order valence-corrected chi connectivity index (χ0v) is 20.3. The number of likely N-dealkylation sites (tertiary alicyclic amines) is 1. The van der Waals surface area contributed by atoms with Crippen molar-refractivity contribution in [2.75, 3.05) is 39.3 Å². The molecule has 6 nitrogen and oxygen atoms in total. The molecule has 1 fully saturated rings. The van der Waals surface area contributed by atoms with Gasteiger partial charge in [0, 0.05) is 31.5 Å². The van der Waals surface area contributed by atoms with Crippen LogP contribution < -0.4 is 16.4 Å². The highest BCUT2D eigenvalue weighted by Gasteiger charge is 2.22. The van der Waals surface area contributed by atoms with Crippen molar-refractivity contribution >= 4 is 47.2 Å². The minimum atomic E-state index is -0.137. The Bertz CT molecular complexity index is 573. The van der Waals surface area contributed by atoms with E-state index >= 15 is 0 Å². The van der Waals surface area contributed by atoms with Gasteiger partial charge in [0.2, 0.25) is 5.91 Å². The number of carbonyl (C=O) groups is 1. The summed E-state index contributed by atoms with van der Waals surface area (Å²) in [6.45, 7) is 9.98. The Morgan fingerprint density at radius 2 is 2.11 bits per heavy atom. The Hall–Kier alpha value is -0.870. The molecule has 1 atom stereocenters. The van der Waals surface area contributed by atoms with Crippen molar-refractivity contribution in [3.05, 3.63) is 22.4 Å². The first-order chi connectivity index (χ1) is 13.1. The maximum atomic E-state index is 11.2. The molecule has 0 saturated carbocycles. The van der Waals surface area contributed by atoms with Crippen LogP contribution in [0.4, 0.5) is 0 Å². The molecule has 28 heavy (non-hydrogen) atoms. The standard InChI is InChI=1S/C20H35N5OS.HI/c1-3-22-20(24-14-16(2)18-8-13-27-15-18)23-9-4-5-10-25-11-6-17(7-12-25)19(21)26;/h8,13,15-17H,3-7,9-12,14H2,1-2H3,(H2,21,26)(H2,22,23,24);1H. The molecule has 1 amide bonds. The number of nitrogens with two attached hydrogens (primary N) is 1. The average molecular weight is 522 g/mol. The predicted molar refractivity (Wildman–Crippen MR) is 130 cm³/mol. The second-order valence-corrected chi connectivity index (χ2v) is 8.11. The van der Waals surface area contributed by atoms with E-state index in [4.69, 9.17) is 10.7 Å². The normalized spacial score (nSPS) is 17.0. The predicted octanol–water partition coefficient (Wildman–Crippen LogP) is 3.00. The number of guanidine groups is 1. The molecular weight excluding hydrogens is 485 g/mol. The van der Waals surface area contributed by atoms with Gasteiger partial charge in [-0.1, -0.05) is 6.92 Å². The summed E-state index contributed by atoms with van der Waals surface area (Å²) in [6.07, 6.45) is 4.08. The number of carbonyl (C=O) groups excluding carboxylic acids is 1. The number of amides is 1. The monoisotopic (exact) mass is 521 g/mol. The van der Waals surface area contributed by atoms with Gasteiger partial charge in [0.1, 0.15) is 0 Å². The second kappa shape index (κ2) is 14.2. The van der Waals surface area contributed by atoms with Gasteiger partial charge in [-0.25, -0.2) is 0 Å². The molecule has 160 valence electrons. The number of hydrogen-bond acceptors (Lipinski definition) is 4. The molecular formula is C20H36IN5OS. The van der Waals surface area contributed by atoms with Crippen molar-refractivity contribution in [1.82, 2.24) is 15.5 Å². The van der Waals surface area contributed by atoms with E-state index in [1.54, 1.807) is 11.3 Å². The number of thiophene rings is 1. The average Bonchev–Trinajstić information content (AvgIpc) is 3.20. The quantitative estimate of drug-likeness (QED) is 0.191. The van der Waals surface area contributed by atoms with E-state index in [0.29, 0.717) is 5.92 Å². The Morgan fingerprint density at radius 1 is 1.36 bits per heavy atom. The minimum Gasteiger partial charge on any atom is -0.369 e. The van der Waals surface area contributed by atoms with E-state index in [0.717, 1.165) is 70.9 Å². The first-order valence-corrected chi connectivity index (χ1v) is 11.1. The number of hydrogen-bond donors (Lipinski definition) is 3. The molecule has 0 aliphatic carbocycles. The lowest BCUT2D eigenvalue weighted by Gasteiger charge is -2.30. The molecule has 2 rings (SSSR count). The Balaban J connectivity index is 0.00000392. The topological polar surface area (TPSA) is 82.8 Å². The maximum Gasteiger partial charge on any atom is 0.220 e. The first kappa shape index (κ1) is 25.2. The highest BCUT2D eigenvalue weighted by molar-refractivity contribution is 14.0. The van der Waals surface area contributed by atoms with Gasteiger partial charge in [0.05, 0.1) is 0 Å². The van der Waals surface area contributed by atoms with Crippen molar-refractivity contribution in [3.63, 3.8) is 0 Å². The Morgan fingerprint density at radius 3 is 2.71 bits per heavy atom. The van der Waals surface area contributed by atoms with Crippen LogP contribution in [0.3, 0.4) is 0 Å². The summed E-state index contributed by atoms with van der Waals surface area (Å²) in [5, 5.41) is 11.1. The molecule has 1 saturated heterocycles. The largest absolute Gasteiger partial charge is 0.369 e. The van der Waals surface area contributed by atoms with Gasteiger partial charge in [-0.05, 0) is 74.6 Å². The summed E-state index contributed by atoms with van der Waals surface area (Å²) >= 11 is 1.74. The number of primary amides is 1. The van der Waals surface area contributed by atoms with Crippen LogP contribution in [-0.2, 0) is 4.79 Å². The number of halogens is 1. The van der Waals surface area contributed by atoms with E-state index in [9.17, 15) is 4.79 Å². The molecule has 1 aromatic heterocycles. The SMILES string of the molecule is CCNC(=NCC(C)c1ccsc1)NCCCCN1CCC(C(N)=O)CC1.I. The summed E-state index contributed by atoms with van der Waals surface area (Å²) in [7, 11) is 0. The number of unbranched alkanes of at least 4 members (excludes halogenated alkanes) is 1. The van der Waals surface area contributed by atoms with Crippen LogP contribution in [0.5, 0.6) is 0 Å². The number of piperidine rings is 1. The van der Waals surface area contributed by atoms with Crippen LogP contribution in [0.1, 0.15) is 51.0 Å². The van der Waals surface area contributed by atoms with Crippen LogP contribution in [0, 0.1) is 5.92 Å². The highest BCUT2D eigenvalue weighted by atomic mass is 127. The van der Waals surface area contributed by atoms with E-state index in [1.165, 1.54) is 5.56 Å². The molecule has 1 aliphatic heterocycles. The summed E-state index contributed by atoms with van der Waals surface area (Å²) in [6, 6.07) is 2.18. The first-order valence-electron chi connectivity index (χ1n) is 10.2. The summed E-state index contributed by atoms with van der Waals surface area (Å²) < 4.78 is 0. The van der Waals surface area contributed by atoms with E-state index in [1.807, 2.05) is 0 Å². The number of nitrogens with zero attached hydrogens (tertiary/aromatic N) is 2. The third kappa shape index (κ3) is 9.09. The van der Waals surface area contributed by atoms with Gasteiger partial charge in [-0.15, -0.1) is 24.0 Å². The van der Waals surface area contributed by atoms with E-state index < -0.39 is 0 Å². The lowest BCUT2D eigenvalue weighted by molar-refractivity contribution is -0.123. The van der Waals surface area contributed by atoms with Gasteiger partial charge in [0.15, 0.2) is 5.96 Å². The highest BCUT2D eigenvalue weighted by Crippen LogP contribution is 2.18. The van der Waals surface area contributed by atoms with Crippen LogP contribution in [-0.4, -0.2) is 56.0 Å². The van der Waals surface area contributed by atoms with Crippen molar-refractivity contribution < 1.29 is 4.79 Å². The van der Waals surface area contributed by atoms with Gasteiger partial charge in [-0.3, -0.25) is 9.79 Å². The lowest BCUT2D eigenvalue weighted by atomic mass is 9.96. The van der Waals surface area contributed by atoms with Crippen LogP contribution >= 0.6 is 35.3 Å². The molecule has 0 spiro atoms. The molecule has 1 aliphatic rings. The maximum absolute atomic E-state index is 11.2. The molecule has 1 aromatic rings. The minimum absolute atomic E-state index is 0. The van der Waals surface area contributed by atoms with Crippen LogP contribution in [0.15, 0.2) is 21.8 Å². The molecule has 1 unspecified atom stereocenters. The number of rotatable bonds is 10.